The summed E-state index contributed by atoms with van der Waals surface area (Å²) in [6, 6.07) is 0. The van der Waals surface area contributed by atoms with Gasteiger partial charge in [-0.15, -0.1) is 0 Å². The summed E-state index contributed by atoms with van der Waals surface area (Å²) in [6.45, 7) is 9.17. The van der Waals surface area contributed by atoms with Crippen molar-refractivity contribution in [3.8, 4) is 0 Å². The van der Waals surface area contributed by atoms with E-state index in [1.807, 2.05) is 0 Å². The van der Waals surface area contributed by atoms with Crippen LogP contribution in [0.3, 0.4) is 0 Å². The van der Waals surface area contributed by atoms with E-state index in [9.17, 15) is 0 Å². The number of hydrogen-bond donors (Lipinski definition) is 0. The number of allylic oxidation sites excluding steroid dienone is 4. The second kappa shape index (κ2) is 11.0. The molecule has 0 aromatic heterocycles. The van der Waals surface area contributed by atoms with Crippen LogP contribution in [0.15, 0.2) is 24.3 Å². The Labute approximate surface area is 103 Å². The molecule has 0 unspecified atom stereocenters. The number of unbranched alkanes of at least 4 members (excludes halogenated alkanes) is 4. The summed E-state index contributed by atoms with van der Waals surface area (Å²) in [7, 11) is 0. The minimum absolute atomic E-state index is 0.794. The van der Waals surface area contributed by atoms with Gasteiger partial charge in [0.2, 0.25) is 0 Å². The van der Waals surface area contributed by atoms with Crippen molar-refractivity contribution in [3.63, 3.8) is 0 Å². The molecule has 0 aliphatic heterocycles. The summed E-state index contributed by atoms with van der Waals surface area (Å²) >= 11 is 0. The van der Waals surface area contributed by atoms with E-state index < -0.39 is 0 Å². The minimum atomic E-state index is 0.794. The molecule has 0 aromatic rings. The van der Waals surface area contributed by atoms with Gasteiger partial charge in [-0.05, 0) is 31.1 Å². The summed E-state index contributed by atoms with van der Waals surface area (Å²) in [4.78, 5) is 0. The zero-order valence-corrected chi connectivity index (χ0v) is 11.7. The molecule has 0 saturated heterocycles. The first-order chi connectivity index (χ1) is 7.68. The van der Waals surface area contributed by atoms with Crippen LogP contribution in [-0.2, 0) is 0 Å². The predicted molar refractivity (Wildman–Crippen MR) is 75.7 cm³/mol. The Kier molecular flexibility index (Phi) is 10.6. The molecular formula is C16H30. The van der Waals surface area contributed by atoms with Crippen molar-refractivity contribution in [2.75, 3.05) is 0 Å². The van der Waals surface area contributed by atoms with Crippen molar-refractivity contribution in [3.05, 3.63) is 24.3 Å². The molecule has 0 radical (unpaired) electrons. The molecule has 0 aliphatic carbocycles. The van der Waals surface area contributed by atoms with Gasteiger partial charge in [-0.3, -0.25) is 0 Å². The zero-order valence-electron chi connectivity index (χ0n) is 11.7. The lowest BCUT2D eigenvalue weighted by atomic mass is 9.95. The third-order valence-corrected chi connectivity index (χ3v) is 3.25. The molecule has 0 fully saturated rings. The Morgan fingerprint density at radius 3 is 2.19 bits per heavy atom. The second-order valence-corrected chi connectivity index (χ2v) is 5.16. The normalized spacial score (nSPS) is 14.3. The van der Waals surface area contributed by atoms with Crippen LogP contribution in [0, 0.1) is 11.8 Å². The van der Waals surface area contributed by atoms with Gasteiger partial charge >= 0.3 is 0 Å². The first-order valence-corrected chi connectivity index (χ1v) is 7.00. The zero-order chi connectivity index (χ0) is 12.2. The fourth-order valence-corrected chi connectivity index (χ4v) is 1.51. The molecule has 0 spiro atoms. The Morgan fingerprint density at radius 2 is 1.56 bits per heavy atom. The number of hydrogen-bond acceptors (Lipinski definition) is 0. The van der Waals surface area contributed by atoms with E-state index in [0.717, 1.165) is 11.8 Å². The molecule has 0 nitrogen and oxygen atoms in total. The van der Waals surface area contributed by atoms with Gasteiger partial charge in [0.1, 0.15) is 0 Å². The van der Waals surface area contributed by atoms with Crippen LogP contribution in [0.25, 0.3) is 0 Å². The molecule has 16 heavy (non-hydrogen) atoms. The molecule has 0 aromatic carbocycles. The first-order valence-electron chi connectivity index (χ1n) is 7.00. The molecule has 94 valence electrons. The standard InChI is InChI=1S/C16H30/c1-5-6-7-8-9-10-11-12-13-14-16(4)15(2)3/h10-13,15-16H,5-9,14H2,1-4H3/b11-10+,13-12+/t16-/m0/s1. The fourth-order valence-electron chi connectivity index (χ4n) is 1.51. The van der Waals surface area contributed by atoms with E-state index in [1.54, 1.807) is 0 Å². The third-order valence-electron chi connectivity index (χ3n) is 3.25. The summed E-state index contributed by atoms with van der Waals surface area (Å²) < 4.78 is 0. The second-order valence-electron chi connectivity index (χ2n) is 5.16. The molecule has 0 rings (SSSR count). The average molecular weight is 222 g/mol. The molecule has 0 heteroatoms. The molecule has 0 amide bonds. The predicted octanol–water partition coefficient (Wildman–Crippen LogP) is 5.75. The maximum atomic E-state index is 2.32. The van der Waals surface area contributed by atoms with Gasteiger partial charge in [0.05, 0.1) is 0 Å². The lowest BCUT2D eigenvalue weighted by Crippen LogP contribution is -2.01. The van der Waals surface area contributed by atoms with Crippen LogP contribution in [-0.4, -0.2) is 0 Å². The average Bonchev–Trinajstić information content (AvgIpc) is 2.26. The van der Waals surface area contributed by atoms with Gasteiger partial charge in [-0.2, -0.15) is 0 Å². The van der Waals surface area contributed by atoms with Gasteiger partial charge in [-0.25, -0.2) is 0 Å². The summed E-state index contributed by atoms with van der Waals surface area (Å²) in [6.07, 6.45) is 16.9. The quantitative estimate of drug-likeness (QED) is 0.344. The molecule has 0 bridgehead atoms. The lowest BCUT2D eigenvalue weighted by Gasteiger charge is -2.11. The van der Waals surface area contributed by atoms with Crippen LogP contribution in [0.5, 0.6) is 0 Å². The molecule has 1 atom stereocenters. The van der Waals surface area contributed by atoms with Crippen molar-refractivity contribution < 1.29 is 0 Å². The highest BCUT2D eigenvalue weighted by Crippen LogP contribution is 2.14. The monoisotopic (exact) mass is 222 g/mol. The van der Waals surface area contributed by atoms with E-state index in [-0.39, 0.29) is 0 Å². The molecule has 0 heterocycles. The third kappa shape index (κ3) is 10.0. The summed E-state index contributed by atoms with van der Waals surface area (Å²) in [5.41, 5.74) is 0. The topological polar surface area (TPSA) is 0 Å². The Morgan fingerprint density at radius 1 is 0.875 bits per heavy atom. The summed E-state index contributed by atoms with van der Waals surface area (Å²) in [5.74, 6) is 1.59. The lowest BCUT2D eigenvalue weighted by molar-refractivity contribution is 0.424. The highest BCUT2D eigenvalue weighted by Gasteiger charge is 2.02. The fraction of sp³-hybridized carbons (Fsp3) is 0.750. The maximum Gasteiger partial charge on any atom is -0.0319 e. The summed E-state index contributed by atoms with van der Waals surface area (Å²) in [5, 5.41) is 0. The maximum absolute atomic E-state index is 2.32. The molecule has 0 saturated carbocycles. The smallest absolute Gasteiger partial charge is 0.0319 e. The van der Waals surface area contributed by atoms with Crippen molar-refractivity contribution >= 4 is 0 Å². The van der Waals surface area contributed by atoms with Gasteiger partial charge in [0.15, 0.2) is 0 Å². The van der Waals surface area contributed by atoms with E-state index in [2.05, 4.69) is 52.0 Å². The highest BCUT2D eigenvalue weighted by atomic mass is 14.1. The van der Waals surface area contributed by atoms with Crippen LogP contribution < -0.4 is 0 Å². The molecular weight excluding hydrogens is 192 g/mol. The first kappa shape index (κ1) is 15.5. The molecule has 0 N–H and O–H groups in total. The molecule has 0 aliphatic rings. The Hall–Kier alpha value is -0.520. The van der Waals surface area contributed by atoms with Crippen LogP contribution >= 0.6 is 0 Å². The van der Waals surface area contributed by atoms with Crippen molar-refractivity contribution in [1.82, 2.24) is 0 Å². The highest BCUT2D eigenvalue weighted by molar-refractivity contribution is 5.02. The van der Waals surface area contributed by atoms with Gasteiger partial charge in [0.25, 0.3) is 0 Å². The van der Waals surface area contributed by atoms with Crippen molar-refractivity contribution in [2.24, 2.45) is 11.8 Å². The van der Waals surface area contributed by atoms with E-state index in [1.165, 1.54) is 38.5 Å². The number of rotatable bonds is 9. The van der Waals surface area contributed by atoms with Gasteiger partial charge < -0.3 is 0 Å². The SMILES string of the molecule is CCCCCC/C=C/C=C/C[C@H](C)C(C)C. The van der Waals surface area contributed by atoms with Gasteiger partial charge in [0, 0.05) is 0 Å². The van der Waals surface area contributed by atoms with Crippen molar-refractivity contribution in [1.29, 1.82) is 0 Å². The van der Waals surface area contributed by atoms with E-state index in [0.29, 0.717) is 0 Å². The van der Waals surface area contributed by atoms with Crippen molar-refractivity contribution in [2.45, 2.75) is 66.2 Å². The van der Waals surface area contributed by atoms with Gasteiger partial charge in [-0.1, -0.05) is 71.3 Å². The largest absolute Gasteiger partial charge is 0.0845 e. The Bertz CT molecular complexity index is 186. The van der Waals surface area contributed by atoms with E-state index in [4.69, 9.17) is 0 Å². The van der Waals surface area contributed by atoms with Crippen LogP contribution in [0.2, 0.25) is 0 Å². The minimum Gasteiger partial charge on any atom is -0.0845 e. The van der Waals surface area contributed by atoms with Crippen LogP contribution in [0.1, 0.15) is 66.2 Å². The van der Waals surface area contributed by atoms with Crippen LogP contribution in [0.4, 0.5) is 0 Å². The Balaban J connectivity index is 3.41. The van der Waals surface area contributed by atoms with E-state index >= 15 is 0 Å².